The molecule has 1 unspecified atom stereocenters. The molecule has 0 fully saturated rings. The molecule has 56 valence electrons. The van der Waals surface area contributed by atoms with Crippen LogP contribution in [0.1, 0.15) is 0 Å². The van der Waals surface area contributed by atoms with Crippen molar-refractivity contribution in [2.24, 2.45) is 0 Å². The lowest BCUT2D eigenvalue weighted by Gasteiger charge is -1.98. The predicted octanol–water partition coefficient (Wildman–Crippen LogP) is 0.428. The lowest BCUT2D eigenvalue weighted by molar-refractivity contribution is -0.493. The summed E-state index contributed by atoms with van der Waals surface area (Å²) < 4.78 is 0. The molecule has 0 amide bonds. The van der Waals surface area contributed by atoms with Crippen molar-refractivity contribution in [1.29, 1.82) is 0 Å². The van der Waals surface area contributed by atoms with Gasteiger partial charge in [-0.05, 0) is 0 Å². The Hall–Kier alpha value is -1.74. The number of rotatable bonds is 1. The highest BCUT2D eigenvalue weighted by Crippen LogP contribution is 2.01. The van der Waals surface area contributed by atoms with Crippen molar-refractivity contribution >= 4 is 5.71 Å². The van der Waals surface area contributed by atoms with Gasteiger partial charge in [0.15, 0.2) is 0 Å². The summed E-state index contributed by atoms with van der Waals surface area (Å²) in [5.74, 6) is 0. The lowest BCUT2D eigenvalue weighted by atomic mass is 10.1. The SMILES string of the molecule is [N-]=[N+]=C1C=CC=CC1[N+](=O)[O-]. The summed E-state index contributed by atoms with van der Waals surface area (Å²) in [6.07, 6.45) is 5.87. The maximum atomic E-state index is 10.3. The summed E-state index contributed by atoms with van der Waals surface area (Å²) in [6.45, 7) is 0. The van der Waals surface area contributed by atoms with E-state index < -0.39 is 11.0 Å². The molecule has 0 bridgehead atoms. The van der Waals surface area contributed by atoms with Gasteiger partial charge in [-0.15, -0.1) is 0 Å². The molecule has 0 N–H and O–H groups in total. The van der Waals surface area contributed by atoms with E-state index in [9.17, 15) is 10.1 Å². The molecule has 0 aromatic heterocycles. The van der Waals surface area contributed by atoms with Crippen LogP contribution in [0.25, 0.3) is 5.53 Å². The Bertz CT molecular complexity index is 286. The van der Waals surface area contributed by atoms with Crippen LogP contribution in [0.5, 0.6) is 0 Å². The average molecular weight is 151 g/mol. The van der Waals surface area contributed by atoms with Crippen LogP contribution >= 0.6 is 0 Å². The van der Waals surface area contributed by atoms with Gasteiger partial charge in [0.1, 0.15) is 0 Å². The van der Waals surface area contributed by atoms with Gasteiger partial charge >= 0.3 is 11.8 Å². The Kier molecular flexibility index (Phi) is 1.94. The quantitative estimate of drug-likeness (QED) is 0.235. The zero-order chi connectivity index (χ0) is 8.27. The van der Waals surface area contributed by atoms with Crippen LogP contribution in [-0.4, -0.2) is 21.5 Å². The van der Waals surface area contributed by atoms with E-state index in [0.717, 1.165) is 0 Å². The second-order valence-electron chi connectivity index (χ2n) is 2.00. The molecule has 1 rings (SSSR count). The van der Waals surface area contributed by atoms with Crippen molar-refractivity contribution < 1.29 is 9.71 Å². The third-order valence-electron chi connectivity index (χ3n) is 1.32. The Morgan fingerprint density at radius 3 is 2.82 bits per heavy atom. The minimum absolute atomic E-state index is 0.0532. The fourth-order valence-electron chi connectivity index (χ4n) is 0.791. The third kappa shape index (κ3) is 1.39. The molecule has 0 spiro atoms. The molecular weight excluding hydrogens is 146 g/mol. The second kappa shape index (κ2) is 2.90. The van der Waals surface area contributed by atoms with Crippen LogP contribution in [-0.2, 0) is 0 Å². The van der Waals surface area contributed by atoms with Crippen molar-refractivity contribution in [2.75, 3.05) is 0 Å². The van der Waals surface area contributed by atoms with Gasteiger partial charge in [-0.25, -0.2) is 0 Å². The molecule has 1 aliphatic carbocycles. The summed E-state index contributed by atoms with van der Waals surface area (Å²) in [5.41, 5.74) is 8.36. The first-order chi connectivity index (χ1) is 5.25. The maximum absolute atomic E-state index is 10.3. The van der Waals surface area contributed by atoms with Crippen molar-refractivity contribution in [3.05, 3.63) is 39.9 Å². The first kappa shape index (κ1) is 7.37. The van der Waals surface area contributed by atoms with Crippen molar-refractivity contribution in [2.45, 2.75) is 6.04 Å². The highest BCUT2D eigenvalue weighted by Gasteiger charge is 2.30. The van der Waals surface area contributed by atoms with Gasteiger partial charge in [0.2, 0.25) is 0 Å². The number of hydrogen-bond donors (Lipinski definition) is 0. The Balaban J connectivity index is 2.97. The highest BCUT2D eigenvalue weighted by molar-refractivity contribution is 5.96. The van der Waals surface area contributed by atoms with Gasteiger partial charge in [-0.3, -0.25) is 10.1 Å². The maximum Gasteiger partial charge on any atom is 0.369 e. The fraction of sp³-hybridized carbons (Fsp3) is 0.167. The average Bonchev–Trinajstić information content (AvgIpc) is 2.04. The van der Waals surface area contributed by atoms with E-state index in [1.807, 2.05) is 0 Å². The molecule has 1 aliphatic rings. The number of nitrogens with zero attached hydrogens (tertiary/aromatic N) is 3. The van der Waals surface area contributed by atoms with Crippen LogP contribution in [0.4, 0.5) is 0 Å². The molecule has 0 aromatic rings. The van der Waals surface area contributed by atoms with E-state index in [2.05, 4.69) is 4.79 Å². The van der Waals surface area contributed by atoms with Crippen LogP contribution in [0.15, 0.2) is 24.3 Å². The molecule has 5 heteroatoms. The zero-order valence-electron chi connectivity index (χ0n) is 5.54. The predicted molar refractivity (Wildman–Crippen MR) is 37.7 cm³/mol. The molecule has 11 heavy (non-hydrogen) atoms. The van der Waals surface area contributed by atoms with E-state index >= 15 is 0 Å². The summed E-state index contributed by atoms with van der Waals surface area (Å²) in [7, 11) is 0. The zero-order valence-corrected chi connectivity index (χ0v) is 5.54. The van der Waals surface area contributed by atoms with E-state index in [4.69, 9.17) is 5.53 Å². The van der Waals surface area contributed by atoms with Gasteiger partial charge in [-0.1, -0.05) is 12.2 Å². The van der Waals surface area contributed by atoms with Gasteiger partial charge in [-0.2, -0.15) is 4.79 Å². The Labute approximate surface area is 62.4 Å². The van der Waals surface area contributed by atoms with Crippen LogP contribution in [0, 0.1) is 10.1 Å². The first-order valence-electron chi connectivity index (χ1n) is 2.96. The minimum Gasteiger partial charge on any atom is -0.361 e. The molecule has 0 saturated heterocycles. The van der Waals surface area contributed by atoms with Crippen LogP contribution in [0.3, 0.4) is 0 Å². The van der Waals surface area contributed by atoms with E-state index in [0.29, 0.717) is 0 Å². The lowest BCUT2D eigenvalue weighted by Crippen LogP contribution is -2.27. The topological polar surface area (TPSA) is 79.5 Å². The third-order valence-corrected chi connectivity index (χ3v) is 1.32. The fourth-order valence-corrected chi connectivity index (χ4v) is 0.791. The minimum atomic E-state index is -1.01. The molecule has 5 nitrogen and oxygen atoms in total. The second-order valence-corrected chi connectivity index (χ2v) is 2.00. The molecule has 0 saturated carbocycles. The van der Waals surface area contributed by atoms with E-state index in [1.165, 1.54) is 12.2 Å². The smallest absolute Gasteiger partial charge is 0.361 e. The molecule has 0 aromatic carbocycles. The van der Waals surface area contributed by atoms with E-state index in [1.54, 1.807) is 12.2 Å². The van der Waals surface area contributed by atoms with Crippen molar-refractivity contribution in [1.82, 2.24) is 0 Å². The highest BCUT2D eigenvalue weighted by atomic mass is 16.6. The van der Waals surface area contributed by atoms with Gasteiger partial charge < -0.3 is 5.53 Å². The Morgan fingerprint density at radius 2 is 2.36 bits per heavy atom. The summed E-state index contributed by atoms with van der Waals surface area (Å²) >= 11 is 0. The largest absolute Gasteiger partial charge is 0.369 e. The normalized spacial score (nSPS) is 21.5. The van der Waals surface area contributed by atoms with E-state index in [-0.39, 0.29) is 5.71 Å². The monoisotopic (exact) mass is 151 g/mol. The number of hydrogen-bond acceptors (Lipinski definition) is 2. The van der Waals surface area contributed by atoms with Crippen molar-refractivity contribution in [3.63, 3.8) is 0 Å². The van der Waals surface area contributed by atoms with Gasteiger partial charge in [0.25, 0.3) is 0 Å². The Morgan fingerprint density at radius 1 is 1.64 bits per heavy atom. The number of allylic oxidation sites excluding steroid dienone is 2. The molecule has 1 atom stereocenters. The standard InChI is InChI=1S/C6H5N3O2/c7-8-5-3-1-2-4-6(5)9(10)11/h1-4,6H. The van der Waals surface area contributed by atoms with Crippen molar-refractivity contribution in [3.8, 4) is 0 Å². The van der Waals surface area contributed by atoms with Gasteiger partial charge in [0.05, 0.1) is 0 Å². The molecule has 0 radical (unpaired) electrons. The summed E-state index contributed by atoms with van der Waals surface area (Å²) in [4.78, 5) is 12.5. The van der Waals surface area contributed by atoms with Crippen LogP contribution in [0.2, 0.25) is 0 Å². The summed E-state index contributed by atoms with van der Waals surface area (Å²) in [6, 6.07) is -1.01. The number of nitro groups is 1. The van der Waals surface area contributed by atoms with Crippen LogP contribution < -0.4 is 0 Å². The molecule has 0 aliphatic heterocycles. The molecule has 0 heterocycles. The molecular formula is C6H5N3O2. The van der Waals surface area contributed by atoms with Gasteiger partial charge in [0, 0.05) is 17.1 Å². The summed E-state index contributed by atoms with van der Waals surface area (Å²) in [5, 5.41) is 10.3. The first-order valence-corrected chi connectivity index (χ1v) is 2.96.